The Morgan fingerprint density at radius 2 is 1.75 bits per heavy atom. The third-order valence-electron chi connectivity index (χ3n) is 1.13. The van der Waals surface area contributed by atoms with Crippen LogP contribution in [0.3, 0.4) is 0 Å². The van der Waals surface area contributed by atoms with Crippen LogP contribution in [-0.2, 0) is 0 Å². The lowest BCUT2D eigenvalue weighted by Gasteiger charge is -1.97. The highest BCUT2D eigenvalue weighted by molar-refractivity contribution is 5.23. The Hall–Kier alpha value is -1.38. The largest absolute Gasteiger partial charge is 0.497 e. The van der Waals surface area contributed by atoms with Crippen molar-refractivity contribution in [2.75, 3.05) is 7.11 Å². The number of halogens is 2. The summed E-state index contributed by atoms with van der Waals surface area (Å²) in [7, 11) is 1.40. The maximum Gasteiger partial charge on any atom is 0.162 e. The summed E-state index contributed by atoms with van der Waals surface area (Å²) < 4.78 is 29.2. The van der Waals surface area contributed by atoms with Crippen molar-refractivity contribution in [1.82, 2.24) is 0 Å². The highest BCUT2D eigenvalue weighted by Gasteiger charge is 2.00. The monoisotopic (exact) mass is 172 g/mol. The van der Waals surface area contributed by atoms with Gasteiger partial charge in [-0.05, 0) is 12.1 Å². The number of hydrogen-bond acceptors (Lipinski definition) is 1. The van der Waals surface area contributed by atoms with E-state index in [0.29, 0.717) is 5.75 Å². The van der Waals surface area contributed by atoms with Crippen molar-refractivity contribution in [3.63, 3.8) is 0 Å². The molecule has 0 radical (unpaired) electrons. The number of hydrogen-bond donors (Lipinski definition) is 0. The zero-order valence-corrected chi connectivity index (χ0v) is 6.81. The molecule has 0 aromatic heterocycles. The van der Waals surface area contributed by atoms with E-state index in [1.807, 2.05) is 0 Å². The van der Waals surface area contributed by atoms with Gasteiger partial charge in [-0.1, -0.05) is 0 Å². The molecule has 66 valence electrons. The van der Waals surface area contributed by atoms with Gasteiger partial charge in [0.05, 0.1) is 7.11 Å². The van der Waals surface area contributed by atoms with Crippen molar-refractivity contribution in [2.24, 2.45) is 0 Å². The average Bonchev–Trinajstić information content (AvgIpc) is 2.13. The smallest absolute Gasteiger partial charge is 0.162 e. The second-order valence-corrected chi connectivity index (χ2v) is 1.78. The summed E-state index contributed by atoms with van der Waals surface area (Å²) in [5.41, 5.74) is 0. The fraction of sp³-hybridized carbons (Fsp3) is 0.111. The molecule has 0 atom stereocenters. The van der Waals surface area contributed by atoms with Gasteiger partial charge in [-0.15, -0.1) is 13.2 Å². The predicted molar refractivity (Wildman–Crippen MR) is 44.2 cm³/mol. The molecule has 0 bridgehead atoms. The maximum absolute atomic E-state index is 12.3. The van der Waals surface area contributed by atoms with Gasteiger partial charge >= 0.3 is 0 Å². The van der Waals surface area contributed by atoms with Crippen LogP contribution >= 0.6 is 0 Å². The van der Waals surface area contributed by atoms with E-state index >= 15 is 0 Å². The molecule has 0 saturated heterocycles. The van der Waals surface area contributed by atoms with Crippen LogP contribution in [0.2, 0.25) is 0 Å². The minimum Gasteiger partial charge on any atom is -0.497 e. The van der Waals surface area contributed by atoms with Crippen molar-refractivity contribution < 1.29 is 13.5 Å². The normalized spacial score (nSPS) is 8.25. The van der Waals surface area contributed by atoms with Gasteiger partial charge in [0.1, 0.15) is 5.75 Å². The van der Waals surface area contributed by atoms with Gasteiger partial charge in [0.2, 0.25) is 0 Å². The third-order valence-corrected chi connectivity index (χ3v) is 1.13. The summed E-state index contributed by atoms with van der Waals surface area (Å²) in [6, 6.07) is 3.38. The topological polar surface area (TPSA) is 9.23 Å². The molecule has 0 heterocycles. The molecule has 0 saturated carbocycles. The van der Waals surface area contributed by atoms with Crippen molar-refractivity contribution >= 4 is 0 Å². The Balaban J connectivity index is 0.000000561. The van der Waals surface area contributed by atoms with E-state index in [-0.39, 0.29) is 0 Å². The van der Waals surface area contributed by atoms with E-state index < -0.39 is 11.6 Å². The molecule has 3 heteroatoms. The zero-order chi connectivity index (χ0) is 9.56. The predicted octanol–water partition coefficient (Wildman–Crippen LogP) is 2.78. The molecule has 1 nitrogen and oxygen atoms in total. The zero-order valence-electron chi connectivity index (χ0n) is 6.81. The van der Waals surface area contributed by atoms with Crippen LogP contribution in [0.25, 0.3) is 0 Å². The quantitative estimate of drug-likeness (QED) is 0.592. The van der Waals surface area contributed by atoms with Crippen molar-refractivity contribution in [2.45, 2.75) is 0 Å². The van der Waals surface area contributed by atoms with Gasteiger partial charge < -0.3 is 4.74 Å². The van der Waals surface area contributed by atoms with E-state index in [2.05, 4.69) is 17.9 Å². The van der Waals surface area contributed by atoms with Crippen LogP contribution in [-0.4, -0.2) is 7.11 Å². The lowest BCUT2D eigenvalue weighted by Crippen LogP contribution is -1.86. The number of ether oxygens (including phenoxy) is 1. The second kappa shape index (κ2) is 5.29. The van der Waals surface area contributed by atoms with Crippen LogP contribution in [0.1, 0.15) is 0 Å². The van der Waals surface area contributed by atoms with Crippen LogP contribution in [0, 0.1) is 11.6 Å². The first kappa shape index (κ1) is 10.6. The first-order valence-electron chi connectivity index (χ1n) is 3.23. The van der Waals surface area contributed by atoms with Crippen LogP contribution in [0.4, 0.5) is 8.78 Å². The molecule has 0 amide bonds. The molecule has 0 aliphatic carbocycles. The van der Waals surface area contributed by atoms with Crippen LogP contribution in [0.15, 0.2) is 31.4 Å². The lowest BCUT2D eigenvalue weighted by atomic mass is 10.3. The summed E-state index contributed by atoms with van der Waals surface area (Å²) in [6.07, 6.45) is 0. The van der Waals surface area contributed by atoms with Gasteiger partial charge in [-0.25, -0.2) is 8.78 Å². The van der Waals surface area contributed by atoms with E-state index in [1.54, 1.807) is 0 Å². The third kappa shape index (κ3) is 2.70. The van der Waals surface area contributed by atoms with Gasteiger partial charge in [0, 0.05) is 6.07 Å². The standard InChI is InChI=1S/C7H6F2O.C2H4/c1-10-5-2-3-6(8)7(9)4-5;1-2/h2-4H,1H3;1-2H2. The van der Waals surface area contributed by atoms with E-state index in [4.69, 9.17) is 0 Å². The van der Waals surface area contributed by atoms with Gasteiger partial charge in [0.25, 0.3) is 0 Å². The molecule has 0 unspecified atom stereocenters. The molecule has 0 aliphatic heterocycles. The molecule has 1 rings (SSSR count). The molecular weight excluding hydrogens is 162 g/mol. The van der Waals surface area contributed by atoms with Crippen LogP contribution < -0.4 is 4.74 Å². The SMILES string of the molecule is C=C.COc1ccc(F)c(F)c1. The molecule has 0 fully saturated rings. The van der Waals surface area contributed by atoms with Gasteiger partial charge in [-0.3, -0.25) is 0 Å². The minimum absolute atomic E-state index is 0.318. The van der Waals surface area contributed by atoms with E-state index in [9.17, 15) is 8.78 Å². The number of benzene rings is 1. The first-order valence-corrected chi connectivity index (χ1v) is 3.23. The minimum atomic E-state index is -0.889. The molecule has 0 N–H and O–H groups in total. The first-order chi connectivity index (χ1) is 5.74. The van der Waals surface area contributed by atoms with E-state index in [1.165, 1.54) is 13.2 Å². The summed E-state index contributed by atoms with van der Waals surface area (Å²) in [6.45, 7) is 6.00. The molecule has 12 heavy (non-hydrogen) atoms. The Kier molecular flexibility index (Phi) is 4.69. The Morgan fingerprint density at radius 3 is 2.17 bits per heavy atom. The maximum atomic E-state index is 12.3. The van der Waals surface area contributed by atoms with Gasteiger partial charge in [0.15, 0.2) is 11.6 Å². The summed E-state index contributed by atoms with van der Waals surface area (Å²) >= 11 is 0. The number of rotatable bonds is 1. The fourth-order valence-corrected chi connectivity index (χ4v) is 0.604. The Morgan fingerprint density at radius 1 is 1.17 bits per heavy atom. The molecule has 0 spiro atoms. The molecule has 0 aliphatic rings. The van der Waals surface area contributed by atoms with Crippen molar-refractivity contribution in [1.29, 1.82) is 0 Å². The second-order valence-electron chi connectivity index (χ2n) is 1.78. The highest BCUT2D eigenvalue weighted by atomic mass is 19.2. The van der Waals surface area contributed by atoms with Crippen molar-refractivity contribution in [3.05, 3.63) is 43.0 Å². The molecule has 1 aromatic rings. The average molecular weight is 172 g/mol. The van der Waals surface area contributed by atoms with Crippen LogP contribution in [0.5, 0.6) is 5.75 Å². The summed E-state index contributed by atoms with van der Waals surface area (Å²) in [4.78, 5) is 0. The van der Waals surface area contributed by atoms with Gasteiger partial charge in [-0.2, -0.15) is 0 Å². The highest BCUT2D eigenvalue weighted by Crippen LogP contribution is 2.13. The Labute approximate surface area is 70.3 Å². The van der Waals surface area contributed by atoms with Crippen molar-refractivity contribution in [3.8, 4) is 5.75 Å². The molecule has 1 aromatic carbocycles. The lowest BCUT2D eigenvalue weighted by molar-refractivity contribution is 0.406. The number of methoxy groups -OCH3 is 1. The fourth-order valence-electron chi connectivity index (χ4n) is 0.604. The summed E-state index contributed by atoms with van der Waals surface area (Å²) in [5, 5.41) is 0. The summed E-state index contributed by atoms with van der Waals surface area (Å²) in [5.74, 6) is -1.43. The Bertz CT molecular complexity index is 248. The van der Waals surface area contributed by atoms with E-state index in [0.717, 1.165) is 12.1 Å². The molecular formula is C9H10F2O.